The van der Waals surface area contributed by atoms with Gasteiger partial charge in [-0.2, -0.15) is 0 Å². The summed E-state index contributed by atoms with van der Waals surface area (Å²) in [6.07, 6.45) is 3.10. The molecule has 0 radical (unpaired) electrons. The van der Waals surface area contributed by atoms with Gasteiger partial charge in [0.05, 0.1) is 5.69 Å². The minimum absolute atomic E-state index is 0.520. The first-order valence-electron chi connectivity index (χ1n) is 5.91. The maximum absolute atomic E-state index is 5.99. The predicted octanol–water partition coefficient (Wildman–Crippen LogP) is 1.65. The van der Waals surface area contributed by atoms with E-state index in [1.54, 1.807) is 4.68 Å². The van der Waals surface area contributed by atoms with E-state index < -0.39 is 0 Å². The molecule has 1 aromatic heterocycles. The second kappa shape index (κ2) is 3.80. The molecule has 4 heteroatoms. The molecule has 0 atom stereocenters. The first kappa shape index (κ1) is 10.2. The largest absolute Gasteiger partial charge is 0.382 e. The van der Waals surface area contributed by atoms with Crippen LogP contribution in [-0.4, -0.2) is 9.66 Å². The Morgan fingerprint density at radius 1 is 1.24 bits per heavy atom. The number of nitrogens with two attached hydrogens (primary N) is 2. The number of hydrogen-bond donors (Lipinski definition) is 2. The Kier molecular flexibility index (Phi) is 2.28. The number of imidazole rings is 1. The highest BCUT2D eigenvalue weighted by molar-refractivity contribution is 5.42. The van der Waals surface area contributed by atoms with Crippen molar-refractivity contribution >= 4 is 5.82 Å². The van der Waals surface area contributed by atoms with Gasteiger partial charge in [-0.3, -0.25) is 0 Å². The van der Waals surface area contributed by atoms with Crippen LogP contribution in [0.2, 0.25) is 0 Å². The van der Waals surface area contributed by atoms with E-state index in [1.807, 2.05) is 18.2 Å². The van der Waals surface area contributed by atoms with Gasteiger partial charge in [0, 0.05) is 12.3 Å². The Balaban J connectivity index is 1.90. The Bertz CT molecular complexity index is 526. The van der Waals surface area contributed by atoms with Crippen LogP contribution in [0.3, 0.4) is 0 Å². The summed E-state index contributed by atoms with van der Waals surface area (Å²) in [6.45, 7) is 0. The van der Waals surface area contributed by atoms with Crippen LogP contribution in [0.25, 0.3) is 0 Å². The Hall–Kier alpha value is -1.97. The van der Waals surface area contributed by atoms with Gasteiger partial charge in [-0.25, -0.2) is 9.66 Å². The number of rotatable bonds is 3. The zero-order valence-corrected chi connectivity index (χ0v) is 9.63. The molecule has 0 bridgehead atoms. The Labute approximate surface area is 100 Å². The lowest BCUT2D eigenvalue weighted by atomic mass is 10.1. The Morgan fingerprint density at radius 2 is 1.94 bits per heavy atom. The molecule has 1 aromatic carbocycles. The average Bonchev–Trinajstić information content (AvgIpc) is 3.14. The predicted molar refractivity (Wildman–Crippen MR) is 68.0 cm³/mol. The number of aromatic nitrogens is 2. The minimum Gasteiger partial charge on any atom is -0.382 e. The second-order valence-corrected chi connectivity index (χ2v) is 4.61. The van der Waals surface area contributed by atoms with E-state index in [-0.39, 0.29) is 0 Å². The van der Waals surface area contributed by atoms with Crippen molar-refractivity contribution in [2.45, 2.75) is 25.2 Å². The van der Waals surface area contributed by atoms with Crippen LogP contribution in [0.15, 0.2) is 30.3 Å². The van der Waals surface area contributed by atoms with Gasteiger partial charge in [-0.1, -0.05) is 30.3 Å². The molecule has 17 heavy (non-hydrogen) atoms. The highest BCUT2D eigenvalue weighted by Crippen LogP contribution is 2.40. The molecule has 4 N–H and O–H groups in total. The maximum Gasteiger partial charge on any atom is 0.146 e. The number of nitrogens with zero attached hydrogens (tertiary/aromatic N) is 2. The zero-order valence-electron chi connectivity index (χ0n) is 9.63. The third-order valence-electron chi connectivity index (χ3n) is 3.21. The molecule has 0 saturated heterocycles. The first-order valence-corrected chi connectivity index (χ1v) is 5.91. The van der Waals surface area contributed by atoms with E-state index in [2.05, 4.69) is 17.1 Å². The Morgan fingerprint density at radius 3 is 2.59 bits per heavy atom. The van der Waals surface area contributed by atoms with Crippen LogP contribution in [-0.2, 0) is 6.42 Å². The monoisotopic (exact) mass is 228 g/mol. The van der Waals surface area contributed by atoms with Crippen LogP contribution < -0.4 is 11.6 Å². The summed E-state index contributed by atoms with van der Waals surface area (Å²) in [4.78, 5) is 4.58. The molecule has 3 rings (SSSR count). The van der Waals surface area contributed by atoms with Crippen molar-refractivity contribution in [3.8, 4) is 0 Å². The fourth-order valence-corrected chi connectivity index (χ4v) is 2.06. The SMILES string of the molecule is Nc1c(Cc2ccccc2)nc(C2CC2)n1N. The molecule has 1 aliphatic carbocycles. The molecule has 88 valence electrons. The van der Waals surface area contributed by atoms with Crippen molar-refractivity contribution in [2.75, 3.05) is 11.6 Å². The quantitative estimate of drug-likeness (QED) is 0.785. The number of hydrogen-bond acceptors (Lipinski definition) is 3. The van der Waals surface area contributed by atoms with Gasteiger partial charge in [-0.05, 0) is 18.4 Å². The van der Waals surface area contributed by atoms with Gasteiger partial charge >= 0.3 is 0 Å². The minimum atomic E-state index is 0.520. The number of anilines is 1. The van der Waals surface area contributed by atoms with Crippen LogP contribution in [0.5, 0.6) is 0 Å². The number of benzene rings is 1. The van der Waals surface area contributed by atoms with Crippen molar-refractivity contribution in [3.63, 3.8) is 0 Å². The van der Waals surface area contributed by atoms with Crippen molar-refractivity contribution in [3.05, 3.63) is 47.4 Å². The van der Waals surface area contributed by atoms with Crippen LogP contribution in [0.1, 0.15) is 35.8 Å². The molecular weight excluding hydrogens is 212 g/mol. The molecule has 0 aliphatic heterocycles. The normalized spacial score (nSPS) is 15.1. The lowest BCUT2D eigenvalue weighted by molar-refractivity contribution is 0.852. The van der Waals surface area contributed by atoms with Crippen molar-refractivity contribution in [1.82, 2.24) is 9.66 Å². The van der Waals surface area contributed by atoms with E-state index in [4.69, 9.17) is 11.6 Å². The third-order valence-corrected chi connectivity index (χ3v) is 3.21. The molecule has 0 amide bonds. The van der Waals surface area contributed by atoms with Gasteiger partial charge in [-0.15, -0.1) is 0 Å². The molecule has 0 spiro atoms. The van der Waals surface area contributed by atoms with E-state index in [1.165, 1.54) is 18.4 Å². The summed E-state index contributed by atoms with van der Waals surface area (Å²) >= 11 is 0. The lowest BCUT2D eigenvalue weighted by Gasteiger charge is -2.01. The fourth-order valence-electron chi connectivity index (χ4n) is 2.06. The third kappa shape index (κ3) is 1.86. The van der Waals surface area contributed by atoms with Crippen molar-refractivity contribution in [2.24, 2.45) is 0 Å². The van der Waals surface area contributed by atoms with Crippen molar-refractivity contribution in [1.29, 1.82) is 0 Å². The van der Waals surface area contributed by atoms with E-state index in [9.17, 15) is 0 Å². The summed E-state index contributed by atoms with van der Waals surface area (Å²) in [5.74, 6) is 7.98. The topological polar surface area (TPSA) is 69.9 Å². The summed E-state index contributed by atoms with van der Waals surface area (Å²) < 4.78 is 1.55. The van der Waals surface area contributed by atoms with Crippen LogP contribution >= 0.6 is 0 Å². The molecule has 0 unspecified atom stereocenters. The summed E-state index contributed by atoms with van der Waals surface area (Å²) in [5.41, 5.74) is 8.09. The smallest absolute Gasteiger partial charge is 0.146 e. The van der Waals surface area contributed by atoms with E-state index in [0.29, 0.717) is 11.7 Å². The van der Waals surface area contributed by atoms with E-state index in [0.717, 1.165) is 17.9 Å². The molecular formula is C13H16N4. The molecule has 1 heterocycles. The molecule has 4 nitrogen and oxygen atoms in total. The summed E-state index contributed by atoms with van der Waals surface area (Å²) in [5, 5.41) is 0. The van der Waals surface area contributed by atoms with Crippen LogP contribution in [0.4, 0.5) is 5.82 Å². The van der Waals surface area contributed by atoms with Gasteiger partial charge in [0.15, 0.2) is 0 Å². The highest BCUT2D eigenvalue weighted by Gasteiger charge is 2.30. The molecule has 1 saturated carbocycles. The number of nitrogen functional groups attached to an aromatic ring is 2. The van der Waals surface area contributed by atoms with Gasteiger partial charge in [0.2, 0.25) is 0 Å². The standard InChI is InChI=1S/C13H16N4/c14-12-11(8-9-4-2-1-3-5-9)16-13(17(12)15)10-6-7-10/h1-5,10H,6-8,14-15H2. The summed E-state index contributed by atoms with van der Waals surface area (Å²) in [7, 11) is 0. The average molecular weight is 228 g/mol. The maximum atomic E-state index is 5.99. The van der Waals surface area contributed by atoms with Crippen molar-refractivity contribution < 1.29 is 0 Å². The highest BCUT2D eigenvalue weighted by atomic mass is 15.4. The molecule has 1 fully saturated rings. The van der Waals surface area contributed by atoms with E-state index >= 15 is 0 Å². The van der Waals surface area contributed by atoms with Crippen LogP contribution in [0, 0.1) is 0 Å². The van der Waals surface area contributed by atoms with Gasteiger partial charge < -0.3 is 11.6 Å². The zero-order chi connectivity index (χ0) is 11.8. The van der Waals surface area contributed by atoms with Gasteiger partial charge in [0.1, 0.15) is 11.6 Å². The molecule has 1 aliphatic rings. The fraction of sp³-hybridized carbons (Fsp3) is 0.308. The summed E-state index contributed by atoms with van der Waals surface area (Å²) in [6, 6.07) is 10.2. The molecule has 2 aromatic rings. The van der Waals surface area contributed by atoms with Gasteiger partial charge in [0.25, 0.3) is 0 Å². The second-order valence-electron chi connectivity index (χ2n) is 4.61. The first-order chi connectivity index (χ1) is 8.25. The lowest BCUT2D eigenvalue weighted by Crippen LogP contribution is -2.15.